The normalized spacial score (nSPS) is 10.8. The van der Waals surface area contributed by atoms with Crippen LogP contribution in [-0.2, 0) is 7.05 Å². The molecule has 12 heavy (non-hydrogen) atoms. The van der Waals surface area contributed by atoms with Gasteiger partial charge < -0.3 is 4.57 Å². The standard InChI is InChI=1S/C11H10N/c1-3-9-8-12(2)11-7-5-4-6-10(9)11/h1,3-8H,2H3. The van der Waals surface area contributed by atoms with Crippen molar-refractivity contribution < 1.29 is 0 Å². The Balaban J connectivity index is 2.82. The van der Waals surface area contributed by atoms with Crippen LogP contribution >= 0.6 is 0 Å². The van der Waals surface area contributed by atoms with Gasteiger partial charge in [-0.3, -0.25) is 0 Å². The fourth-order valence-electron chi connectivity index (χ4n) is 1.51. The van der Waals surface area contributed by atoms with E-state index in [2.05, 4.69) is 16.7 Å². The molecule has 0 aliphatic carbocycles. The van der Waals surface area contributed by atoms with E-state index in [-0.39, 0.29) is 0 Å². The van der Waals surface area contributed by atoms with Crippen LogP contribution in [-0.4, -0.2) is 4.57 Å². The zero-order chi connectivity index (χ0) is 8.55. The molecular formula is C11H10N. The molecule has 0 amide bonds. The fourth-order valence-corrected chi connectivity index (χ4v) is 1.51. The van der Waals surface area contributed by atoms with Crippen molar-refractivity contribution in [3.8, 4) is 0 Å². The Morgan fingerprint density at radius 1 is 1.33 bits per heavy atom. The van der Waals surface area contributed by atoms with Crippen LogP contribution in [0.25, 0.3) is 10.9 Å². The van der Waals surface area contributed by atoms with Gasteiger partial charge in [-0.2, -0.15) is 0 Å². The summed E-state index contributed by atoms with van der Waals surface area (Å²) in [5, 5.41) is 1.21. The summed E-state index contributed by atoms with van der Waals surface area (Å²) in [7, 11) is 2.02. The molecule has 1 aromatic heterocycles. The molecule has 0 N–H and O–H groups in total. The number of para-hydroxylation sites is 1. The lowest BCUT2D eigenvalue weighted by Crippen LogP contribution is -1.81. The zero-order valence-electron chi connectivity index (χ0n) is 6.99. The molecule has 0 saturated carbocycles. The first kappa shape index (κ1) is 7.41. The monoisotopic (exact) mass is 156 g/mol. The van der Waals surface area contributed by atoms with Crippen LogP contribution in [0.4, 0.5) is 0 Å². The number of fused-ring (bicyclic) bond motifs is 1. The minimum absolute atomic E-state index is 1.09. The zero-order valence-corrected chi connectivity index (χ0v) is 6.99. The van der Waals surface area contributed by atoms with Crippen LogP contribution in [0.5, 0.6) is 0 Å². The summed E-state index contributed by atoms with van der Waals surface area (Å²) in [5.74, 6) is 0. The molecule has 2 rings (SSSR count). The Hall–Kier alpha value is -1.24. The van der Waals surface area contributed by atoms with Crippen molar-refractivity contribution in [1.29, 1.82) is 0 Å². The van der Waals surface area contributed by atoms with E-state index in [0.717, 1.165) is 5.56 Å². The Morgan fingerprint density at radius 2 is 2.08 bits per heavy atom. The third-order valence-corrected chi connectivity index (χ3v) is 2.11. The molecule has 2 aromatic rings. The van der Waals surface area contributed by atoms with Crippen molar-refractivity contribution in [2.24, 2.45) is 7.05 Å². The lowest BCUT2D eigenvalue weighted by atomic mass is 10.1. The highest BCUT2D eigenvalue weighted by molar-refractivity contribution is 5.85. The summed E-state index contributed by atoms with van der Waals surface area (Å²) in [4.78, 5) is 0. The van der Waals surface area contributed by atoms with Crippen molar-refractivity contribution in [3.63, 3.8) is 0 Å². The van der Waals surface area contributed by atoms with Gasteiger partial charge in [0.15, 0.2) is 0 Å². The molecule has 0 aliphatic rings. The number of hydrogen-bond acceptors (Lipinski definition) is 0. The quantitative estimate of drug-likeness (QED) is 0.597. The van der Waals surface area contributed by atoms with Crippen molar-refractivity contribution in [2.45, 2.75) is 0 Å². The van der Waals surface area contributed by atoms with E-state index in [1.165, 1.54) is 10.9 Å². The van der Waals surface area contributed by atoms with Crippen LogP contribution in [0.15, 0.2) is 30.5 Å². The third-order valence-electron chi connectivity index (χ3n) is 2.11. The van der Waals surface area contributed by atoms with Crippen LogP contribution in [0, 0.1) is 13.3 Å². The third kappa shape index (κ3) is 0.934. The number of aryl methyl sites for hydroxylation is 1. The molecule has 3 radical (unpaired) electrons. The molecule has 0 bridgehead atoms. The molecule has 1 heterocycles. The van der Waals surface area contributed by atoms with Gasteiger partial charge in [-0.05, 0) is 25.0 Å². The minimum atomic E-state index is 1.09. The second-order valence-electron chi connectivity index (χ2n) is 2.88. The van der Waals surface area contributed by atoms with Gasteiger partial charge in [0.1, 0.15) is 0 Å². The van der Waals surface area contributed by atoms with E-state index >= 15 is 0 Å². The van der Waals surface area contributed by atoms with E-state index in [1.54, 1.807) is 6.42 Å². The Bertz CT molecular complexity index is 398. The van der Waals surface area contributed by atoms with Gasteiger partial charge >= 0.3 is 0 Å². The summed E-state index contributed by atoms with van der Waals surface area (Å²) in [6.45, 7) is 5.49. The molecule has 0 aliphatic heterocycles. The summed E-state index contributed by atoms with van der Waals surface area (Å²) in [5.41, 5.74) is 2.31. The maximum Gasteiger partial charge on any atom is 0.0480 e. The summed E-state index contributed by atoms with van der Waals surface area (Å²) in [6, 6.07) is 8.22. The largest absolute Gasteiger partial charge is 0.350 e. The highest BCUT2D eigenvalue weighted by Crippen LogP contribution is 2.20. The van der Waals surface area contributed by atoms with Crippen molar-refractivity contribution in [3.05, 3.63) is 49.4 Å². The molecular weight excluding hydrogens is 146 g/mol. The van der Waals surface area contributed by atoms with Crippen LogP contribution in [0.2, 0.25) is 0 Å². The average molecular weight is 156 g/mol. The highest BCUT2D eigenvalue weighted by atomic mass is 14.9. The van der Waals surface area contributed by atoms with Crippen LogP contribution < -0.4 is 0 Å². The van der Waals surface area contributed by atoms with Crippen LogP contribution in [0.3, 0.4) is 0 Å². The first-order valence-electron chi connectivity index (χ1n) is 3.92. The molecule has 1 aromatic carbocycles. The molecule has 0 saturated heterocycles. The molecule has 1 heteroatoms. The van der Waals surface area contributed by atoms with Gasteiger partial charge in [-0.15, -0.1) is 0 Å². The molecule has 0 fully saturated rings. The SMILES string of the molecule is [CH][CH]c1cn(C)c2ccccc12. The van der Waals surface area contributed by atoms with Gasteiger partial charge in [0.05, 0.1) is 0 Å². The first-order valence-corrected chi connectivity index (χ1v) is 3.92. The molecule has 0 unspecified atom stereocenters. The second kappa shape index (κ2) is 2.67. The number of nitrogens with zero attached hydrogens (tertiary/aromatic N) is 1. The topological polar surface area (TPSA) is 4.93 Å². The Labute approximate surface area is 72.6 Å². The average Bonchev–Trinajstić information content (AvgIpc) is 2.44. The Kier molecular flexibility index (Phi) is 1.65. The maximum absolute atomic E-state index is 5.49. The fraction of sp³-hybridized carbons (Fsp3) is 0.0909. The summed E-state index contributed by atoms with van der Waals surface area (Å²) >= 11 is 0. The van der Waals surface area contributed by atoms with Crippen molar-refractivity contribution >= 4 is 10.9 Å². The maximum atomic E-state index is 5.49. The Morgan fingerprint density at radius 3 is 2.83 bits per heavy atom. The number of benzene rings is 1. The molecule has 1 nitrogen and oxygen atoms in total. The van der Waals surface area contributed by atoms with E-state index in [4.69, 9.17) is 6.92 Å². The lowest BCUT2D eigenvalue weighted by Gasteiger charge is -1.93. The smallest absolute Gasteiger partial charge is 0.0480 e. The van der Waals surface area contributed by atoms with Gasteiger partial charge in [0.2, 0.25) is 0 Å². The number of aromatic nitrogens is 1. The number of rotatable bonds is 1. The van der Waals surface area contributed by atoms with Crippen molar-refractivity contribution in [2.75, 3.05) is 0 Å². The second-order valence-corrected chi connectivity index (χ2v) is 2.88. The van der Waals surface area contributed by atoms with Crippen LogP contribution in [0.1, 0.15) is 5.56 Å². The van der Waals surface area contributed by atoms with Gasteiger partial charge in [0, 0.05) is 24.1 Å². The van der Waals surface area contributed by atoms with E-state index in [9.17, 15) is 0 Å². The number of hydrogen-bond donors (Lipinski definition) is 0. The first-order chi connectivity index (χ1) is 5.83. The molecule has 0 atom stereocenters. The highest BCUT2D eigenvalue weighted by Gasteiger charge is 2.02. The van der Waals surface area contributed by atoms with Crippen molar-refractivity contribution in [1.82, 2.24) is 4.57 Å². The van der Waals surface area contributed by atoms with Gasteiger partial charge in [0.25, 0.3) is 0 Å². The molecule has 0 spiro atoms. The predicted octanol–water partition coefficient (Wildman–Crippen LogP) is 2.44. The summed E-state index contributed by atoms with van der Waals surface area (Å²) in [6.07, 6.45) is 3.67. The summed E-state index contributed by atoms with van der Waals surface area (Å²) < 4.78 is 2.08. The van der Waals surface area contributed by atoms with Gasteiger partial charge in [-0.25, -0.2) is 0 Å². The predicted molar refractivity (Wildman–Crippen MR) is 50.6 cm³/mol. The molecule has 59 valence electrons. The minimum Gasteiger partial charge on any atom is -0.350 e. The lowest BCUT2D eigenvalue weighted by molar-refractivity contribution is 0.965. The van der Waals surface area contributed by atoms with E-state index < -0.39 is 0 Å². The van der Waals surface area contributed by atoms with E-state index in [1.807, 2.05) is 25.4 Å². The van der Waals surface area contributed by atoms with E-state index in [0.29, 0.717) is 0 Å². The van der Waals surface area contributed by atoms with Gasteiger partial charge in [-0.1, -0.05) is 18.2 Å².